The number of hydrogen-bond acceptors (Lipinski definition) is 5. The Morgan fingerprint density at radius 3 is 2.31 bits per heavy atom. The monoisotopic (exact) mass is 433 g/mol. The molecule has 32 heavy (non-hydrogen) atoms. The van der Waals surface area contributed by atoms with Gasteiger partial charge in [0.25, 0.3) is 11.8 Å². The maximum Gasteiger partial charge on any atom is 0.262 e. The molecule has 0 saturated heterocycles. The summed E-state index contributed by atoms with van der Waals surface area (Å²) in [4.78, 5) is 45.9. The van der Waals surface area contributed by atoms with E-state index >= 15 is 0 Å². The third-order valence-corrected chi connectivity index (χ3v) is 5.74. The molecule has 2 heterocycles. The normalized spacial score (nSPS) is 14.3. The van der Waals surface area contributed by atoms with Gasteiger partial charge in [-0.3, -0.25) is 19.3 Å². The average Bonchev–Trinajstić information content (AvgIpc) is 3.26. The van der Waals surface area contributed by atoms with Crippen LogP contribution in [0.15, 0.2) is 48.5 Å². The van der Waals surface area contributed by atoms with Crippen molar-refractivity contribution in [2.24, 2.45) is 0 Å². The van der Waals surface area contributed by atoms with Crippen molar-refractivity contribution < 1.29 is 14.4 Å². The second-order valence-corrected chi connectivity index (χ2v) is 8.21. The number of carbonyl (C=O) groups excluding carboxylic acids is 3. The molecule has 0 aliphatic carbocycles. The Morgan fingerprint density at radius 1 is 1.03 bits per heavy atom. The number of nitrogens with one attached hydrogen (secondary N) is 1. The number of fused-ring (bicyclic) bond motifs is 2. The van der Waals surface area contributed by atoms with Crippen molar-refractivity contribution in [3.05, 3.63) is 65.5 Å². The molecule has 0 fully saturated rings. The van der Waals surface area contributed by atoms with E-state index in [9.17, 15) is 14.4 Å². The maximum absolute atomic E-state index is 12.7. The van der Waals surface area contributed by atoms with Crippen molar-refractivity contribution in [3.63, 3.8) is 0 Å². The molecule has 166 valence electrons. The molecule has 1 atom stereocenters. The molecule has 1 aliphatic heterocycles. The summed E-state index contributed by atoms with van der Waals surface area (Å²) in [6, 6.07) is 13.7. The number of aromatic nitrogens is 2. The summed E-state index contributed by atoms with van der Waals surface area (Å²) in [6.45, 7) is 3.60. The van der Waals surface area contributed by atoms with Crippen molar-refractivity contribution in [1.82, 2.24) is 24.7 Å². The molecule has 1 N–H and O–H groups in total. The van der Waals surface area contributed by atoms with Crippen LogP contribution in [0.25, 0.3) is 11.0 Å². The minimum atomic E-state index is -0.894. The molecule has 0 bridgehead atoms. The molecule has 2 aromatic carbocycles. The van der Waals surface area contributed by atoms with Crippen LogP contribution in [0.2, 0.25) is 0 Å². The maximum atomic E-state index is 12.7. The summed E-state index contributed by atoms with van der Waals surface area (Å²) in [5.41, 5.74) is 2.67. The van der Waals surface area contributed by atoms with E-state index in [0.717, 1.165) is 34.8 Å². The van der Waals surface area contributed by atoms with E-state index in [1.54, 1.807) is 31.2 Å². The van der Waals surface area contributed by atoms with Crippen LogP contribution in [0.1, 0.15) is 33.5 Å². The first-order valence-corrected chi connectivity index (χ1v) is 10.7. The fourth-order valence-electron chi connectivity index (χ4n) is 3.99. The van der Waals surface area contributed by atoms with Gasteiger partial charge in [0.1, 0.15) is 11.9 Å². The Morgan fingerprint density at radius 2 is 1.66 bits per heavy atom. The van der Waals surface area contributed by atoms with Crippen LogP contribution in [0.3, 0.4) is 0 Å². The minimum Gasteiger partial charge on any atom is -0.354 e. The van der Waals surface area contributed by atoms with Gasteiger partial charge in [-0.15, -0.1) is 0 Å². The SMILES string of the molecule is CC(C(=O)NCCc1nc2ccccc2n1CCN(C)C)N1C(=O)c2ccccc2C1=O. The highest BCUT2D eigenvalue weighted by molar-refractivity contribution is 6.22. The zero-order valence-electron chi connectivity index (χ0n) is 18.5. The van der Waals surface area contributed by atoms with E-state index in [-0.39, 0.29) is 5.91 Å². The Hall–Kier alpha value is -3.52. The van der Waals surface area contributed by atoms with E-state index in [0.29, 0.717) is 24.1 Å². The Kier molecular flexibility index (Phi) is 6.05. The van der Waals surface area contributed by atoms with E-state index in [4.69, 9.17) is 4.98 Å². The van der Waals surface area contributed by atoms with Crippen molar-refractivity contribution in [3.8, 4) is 0 Å². The molecule has 0 spiro atoms. The van der Waals surface area contributed by atoms with Crippen molar-refractivity contribution >= 4 is 28.8 Å². The van der Waals surface area contributed by atoms with E-state index < -0.39 is 17.9 Å². The summed E-state index contributed by atoms with van der Waals surface area (Å²) in [6.07, 6.45) is 0.544. The number of rotatable bonds is 8. The topological polar surface area (TPSA) is 87.5 Å². The summed E-state index contributed by atoms with van der Waals surface area (Å²) in [7, 11) is 4.05. The van der Waals surface area contributed by atoms with Crippen LogP contribution in [0.4, 0.5) is 0 Å². The summed E-state index contributed by atoms with van der Waals surface area (Å²) < 4.78 is 2.18. The standard InChI is InChI=1S/C24H27N5O3/c1-16(29-23(31)17-8-4-5-9-18(17)24(29)32)22(30)25-13-12-21-26-19-10-6-7-11-20(19)28(21)15-14-27(2)3/h4-11,16H,12-15H2,1-3H3,(H,25,30). The molecule has 8 nitrogen and oxygen atoms in total. The van der Waals surface area contributed by atoms with Crippen LogP contribution in [-0.2, 0) is 17.8 Å². The van der Waals surface area contributed by atoms with E-state index in [2.05, 4.69) is 14.8 Å². The largest absolute Gasteiger partial charge is 0.354 e. The Bertz CT molecular complexity index is 1150. The lowest BCUT2D eigenvalue weighted by Crippen LogP contribution is -2.48. The van der Waals surface area contributed by atoms with Crippen LogP contribution in [-0.4, -0.2) is 70.3 Å². The predicted octanol–water partition coefficient (Wildman–Crippen LogP) is 1.94. The molecule has 1 aromatic heterocycles. The molecule has 8 heteroatoms. The van der Waals surface area contributed by atoms with Crippen molar-refractivity contribution in [2.45, 2.75) is 25.9 Å². The predicted molar refractivity (Wildman–Crippen MR) is 121 cm³/mol. The third-order valence-electron chi connectivity index (χ3n) is 5.74. The average molecular weight is 434 g/mol. The van der Waals surface area contributed by atoms with Gasteiger partial charge in [0.2, 0.25) is 5.91 Å². The lowest BCUT2D eigenvalue weighted by atomic mass is 10.1. The zero-order valence-corrected chi connectivity index (χ0v) is 18.5. The van der Waals surface area contributed by atoms with Gasteiger partial charge in [-0.25, -0.2) is 4.98 Å². The van der Waals surface area contributed by atoms with Gasteiger partial charge in [0, 0.05) is 26.1 Å². The van der Waals surface area contributed by atoms with Gasteiger partial charge in [0.05, 0.1) is 22.2 Å². The van der Waals surface area contributed by atoms with Crippen LogP contribution < -0.4 is 5.32 Å². The summed E-state index contributed by atoms with van der Waals surface area (Å²) >= 11 is 0. The first-order chi connectivity index (χ1) is 15.4. The molecule has 1 aliphatic rings. The number of para-hydroxylation sites is 2. The van der Waals surface area contributed by atoms with Crippen molar-refractivity contribution in [2.75, 3.05) is 27.2 Å². The Balaban J connectivity index is 1.42. The molecule has 0 saturated carbocycles. The molecule has 1 unspecified atom stereocenters. The summed E-state index contributed by atoms with van der Waals surface area (Å²) in [5.74, 6) is -0.338. The van der Waals surface area contributed by atoms with Gasteiger partial charge in [-0.05, 0) is 45.3 Å². The second-order valence-electron chi connectivity index (χ2n) is 8.21. The lowest BCUT2D eigenvalue weighted by molar-refractivity contribution is -0.124. The molecular formula is C24H27N5O3. The molecule has 3 amide bonds. The lowest BCUT2D eigenvalue weighted by Gasteiger charge is -2.21. The molecular weight excluding hydrogens is 406 g/mol. The fraction of sp³-hybridized carbons (Fsp3) is 0.333. The highest BCUT2D eigenvalue weighted by atomic mass is 16.2. The first-order valence-electron chi connectivity index (χ1n) is 10.7. The van der Waals surface area contributed by atoms with Gasteiger partial charge in [-0.2, -0.15) is 0 Å². The number of likely N-dealkylation sites (N-methyl/N-ethyl adjacent to an activating group) is 1. The molecule has 0 radical (unpaired) electrons. The smallest absolute Gasteiger partial charge is 0.262 e. The zero-order chi connectivity index (χ0) is 22.8. The van der Waals surface area contributed by atoms with Crippen LogP contribution in [0.5, 0.6) is 0 Å². The molecule has 3 aromatic rings. The highest BCUT2D eigenvalue weighted by Crippen LogP contribution is 2.24. The Labute approximate surface area is 186 Å². The highest BCUT2D eigenvalue weighted by Gasteiger charge is 2.40. The quantitative estimate of drug-likeness (QED) is 0.549. The number of benzene rings is 2. The number of imidazole rings is 1. The second kappa shape index (κ2) is 8.92. The van der Waals surface area contributed by atoms with Gasteiger partial charge in [0.15, 0.2) is 0 Å². The third kappa shape index (κ3) is 4.01. The number of carbonyl (C=O) groups is 3. The fourth-order valence-corrected chi connectivity index (χ4v) is 3.99. The first kappa shape index (κ1) is 21.7. The van der Waals surface area contributed by atoms with Crippen LogP contribution >= 0.6 is 0 Å². The van der Waals surface area contributed by atoms with Crippen molar-refractivity contribution in [1.29, 1.82) is 0 Å². The minimum absolute atomic E-state index is 0.340. The van der Waals surface area contributed by atoms with Gasteiger partial charge in [-0.1, -0.05) is 24.3 Å². The van der Waals surface area contributed by atoms with E-state index in [1.165, 1.54) is 0 Å². The summed E-state index contributed by atoms with van der Waals surface area (Å²) in [5, 5.41) is 2.86. The number of nitrogens with zero attached hydrogens (tertiary/aromatic N) is 4. The number of amides is 3. The number of hydrogen-bond donors (Lipinski definition) is 1. The van der Waals surface area contributed by atoms with Gasteiger partial charge < -0.3 is 14.8 Å². The molecule has 4 rings (SSSR count). The van der Waals surface area contributed by atoms with Gasteiger partial charge >= 0.3 is 0 Å². The number of imide groups is 1. The van der Waals surface area contributed by atoms with E-state index in [1.807, 2.05) is 38.4 Å². The van der Waals surface area contributed by atoms with Crippen LogP contribution in [0, 0.1) is 0 Å².